The fourth-order valence-electron chi connectivity index (χ4n) is 1.82. The Morgan fingerprint density at radius 3 is 1.59 bits per heavy atom. The van der Waals surface area contributed by atoms with Gasteiger partial charge in [-0.15, -0.1) is 0 Å². The van der Waals surface area contributed by atoms with Crippen LogP contribution in [0.15, 0.2) is 46.4 Å². The van der Waals surface area contributed by atoms with Gasteiger partial charge < -0.3 is 21.3 Å². The summed E-state index contributed by atoms with van der Waals surface area (Å²) in [5.41, 5.74) is 14.4. The van der Waals surface area contributed by atoms with Crippen molar-refractivity contribution in [3.63, 3.8) is 0 Å². The molecule has 0 unspecified atom stereocenters. The first kappa shape index (κ1) is 24.8. The molecule has 0 aliphatic heterocycles. The minimum atomic E-state index is -0.111. The summed E-state index contributed by atoms with van der Waals surface area (Å²) in [5, 5.41) is 24.1. The molecule has 0 aliphatic rings. The molecule has 7 nitrogen and oxygen atoms in total. The molecule has 0 aliphatic carbocycles. The van der Waals surface area contributed by atoms with E-state index in [4.69, 9.17) is 34.3 Å². The molecular formula is C17H14Cl2MnN5O2. The van der Waals surface area contributed by atoms with Gasteiger partial charge in [0.25, 0.3) is 0 Å². The molecule has 0 saturated carbocycles. The molecule has 140 valence electrons. The molecule has 0 aromatic heterocycles. The van der Waals surface area contributed by atoms with Gasteiger partial charge in [0.15, 0.2) is 0 Å². The zero-order chi connectivity index (χ0) is 19.4. The van der Waals surface area contributed by atoms with Crippen molar-refractivity contribution >= 4 is 35.6 Å². The molecule has 2 aromatic carbocycles. The third kappa shape index (κ3) is 9.89. The third-order valence-electron chi connectivity index (χ3n) is 2.98. The fraction of sp³-hybridized carbons (Fsp3) is 0.176. The summed E-state index contributed by atoms with van der Waals surface area (Å²) in [5.74, 6) is -0.222. The number of hydrogen-bond donors (Lipinski definition) is 0. The van der Waals surface area contributed by atoms with E-state index in [2.05, 4.69) is 9.98 Å². The average molecular weight is 446 g/mol. The summed E-state index contributed by atoms with van der Waals surface area (Å²) >= 11 is 11.7. The van der Waals surface area contributed by atoms with Crippen LogP contribution < -0.4 is 10.2 Å². The van der Waals surface area contributed by atoms with E-state index in [1.54, 1.807) is 24.3 Å². The summed E-state index contributed by atoms with van der Waals surface area (Å²) in [7, 11) is 0. The van der Waals surface area contributed by atoms with Crippen molar-refractivity contribution in [2.75, 3.05) is 13.1 Å². The maximum atomic E-state index is 11.5. The zero-order valence-corrected chi connectivity index (χ0v) is 16.6. The first-order valence-corrected chi connectivity index (χ1v) is 8.14. The molecule has 10 heteroatoms. The zero-order valence-electron chi connectivity index (χ0n) is 13.9. The Labute approximate surface area is 177 Å². The molecule has 0 bridgehead atoms. The Hall–Kier alpha value is -2.21. The van der Waals surface area contributed by atoms with Crippen LogP contribution in [0.25, 0.3) is 16.0 Å². The van der Waals surface area contributed by atoms with Gasteiger partial charge in [0, 0.05) is 35.6 Å². The maximum absolute atomic E-state index is 11.5. The molecule has 0 atom stereocenters. The number of rotatable bonds is 6. The normalized spacial score (nSPS) is 10.1. The Kier molecular flexibility index (Phi) is 12.8. The van der Waals surface area contributed by atoms with Crippen LogP contribution in [-0.4, -0.2) is 25.5 Å². The monoisotopic (exact) mass is 445 g/mol. The van der Waals surface area contributed by atoms with Crippen LogP contribution in [0.4, 0.5) is 0 Å². The van der Waals surface area contributed by atoms with E-state index in [-0.39, 0.29) is 28.6 Å². The van der Waals surface area contributed by atoms with E-state index >= 15 is 0 Å². The van der Waals surface area contributed by atoms with Gasteiger partial charge >= 0.3 is 17.1 Å². The molecule has 0 amide bonds. The number of aliphatic imine (C=N–C) groups is 2. The number of benzene rings is 2. The maximum Gasteiger partial charge on any atom is 3.00 e. The first-order valence-electron chi connectivity index (χ1n) is 7.39. The van der Waals surface area contributed by atoms with Crippen molar-refractivity contribution in [1.29, 1.82) is 0 Å². The Bertz CT molecular complexity index is 763. The Morgan fingerprint density at radius 1 is 0.852 bits per heavy atom. The van der Waals surface area contributed by atoms with Crippen LogP contribution in [-0.2, 0) is 17.1 Å². The van der Waals surface area contributed by atoms with E-state index in [0.717, 1.165) is 0 Å². The largest absolute Gasteiger partial charge is 3.00 e. The van der Waals surface area contributed by atoms with Crippen molar-refractivity contribution in [3.05, 3.63) is 73.5 Å². The second kappa shape index (κ2) is 13.9. The predicted molar refractivity (Wildman–Crippen MR) is 101 cm³/mol. The summed E-state index contributed by atoms with van der Waals surface area (Å²) < 4.78 is 0. The van der Waals surface area contributed by atoms with Crippen LogP contribution in [0.2, 0.25) is 10.0 Å². The molecule has 0 saturated heterocycles. The first-order chi connectivity index (χ1) is 12.5. The van der Waals surface area contributed by atoms with Crippen LogP contribution in [0.5, 0.6) is 11.5 Å². The van der Waals surface area contributed by atoms with Gasteiger partial charge in [-0.1, -0.05) is 46.8 Å². The van der Waals surface area contributed by atoms with Gasteiger partial charge in [0.1, 0.15) is 0 Å². The van der Waals surface area contributed by atoms with Gasteiger partial charge in [-0.3, -0.25) is 14.9 Å². The molecule has 27 heavy (non-hydrogen) atoms. The van der Waals surface area contributed by atoms with E-state index < -0.39 is 0 Å². The van der Waals surface area contributed by atoms with Crippen molar-refractivity contribution in [3.8, 4) is 11.5 Å². The van der Waals surface area contributed by atoms with Crippen molar-refractivity contribution in [2.24, 2.45) is 9.98 Å². The van der Waals surface area contributed by atoms with Crippen molar-refractivity contribution in [1.82, 2.24) is 0 Å². The van der Waals surface area contributed by atoms with Gasteiger partial charge in [-0.25, -0.2) is 0 Å². The molecule has 2 rings (SSSR count). The van der Waals surface area contributed by atoms with E-state index in [9.17, 15) is 10.2 Å². The van der Waals surface area contributed by atoms with E-state index in [1.165, 1.54) is 29.5 Å². The van der Waals surface area contributed by atoms with Gasteiger partial charge in [0.2, 0.25) is 0 Å². The number of nitrogens with zero attached hydrogens (tertiary/aromatic N) is 5. The average Bonchev–Trinajstić information content (AvgIpc) is 2.60. The standard InChI is InChI=1S/C17H16Cl2N2O2.Mn.N3/c18-14-2-4-16(22)12(8-14)10-20-6-1-7-21-11-13-9-15(19)3-5-17(13)23;;1-3-2/h2-5,8-11,22-23H,1,6-7H2;;/q;+3;-1/p-2. The van der Waals surface area contributed by atoms with E-state index in [1.807, 2.05) is 0 Å². The van der Waals surface area contributed by atoms with Crippen LogP contribution >= 0.6 is 23.2 Å². The summed E-state index contributed by atoms with van der Waals surface area (Å²) in [6.07, 6.45) is 3.74. The van der Waals surface area contributed by atoms with E-state index in [0.29, 0.717) is 40.7 Å². The van der Waals surface area contributed by atoms with Crippen LogP contribution in [0.3, 0.4) is 0 Å². The number of hydrogen-bond acceptors (Lipinski definition) is 4. The summed E-state index contributed by atoms with van der Waals surface area (Å²) in [4.78, 5) is 9.86. The number of halogens is 2. The second-order valence-corrected chi connectivity index (χ2v) is 5.75. The SMILES string of the molecule is [Mn+3].[N-]=[N+]=[N-].[O-]c1ccc(Cl)cc1C=NCCCN=Cc1cc(Cl)ccc1[O-]. The minimum Gasteiger partial charge on any atom is -0.872 e. The minimum absolute atomic E-state index is 0. The second-order valence-electron chi connectivity index (χ2n) is 4.88. The smallest absolute Gasteiger partial charge is 0.872 e. The Balaban J connectivity index is 0.00000158. The quantitative estimate of drug-likeness (QED) is 0.166. The topological polar surface area (TPSA) is 130 Å². The molecular weight excluding hydrogens is 432 g/mol. The third-order valence-corrected chi connectivity index (χ3v) is 3.45. The molecule has 0 heterocycles. The molecule has 0 fully saturated rings. The Morgan fingerprint density at radius 2 is 1.22 bits per heavy atom. The van der Waals surface area contributed by atoms with Gasteiger partial charge in [-0.05, 0) is 41.8 Å². The molecule has 2 aromatic rings. The van der Waals surface area contributed by atoms with Crippen LogP contribution in [0.1, 0.15) is 17.5 Å². The predicted octanol–water partition coefficient (Wildman–Crippen LogP) is 3.93. The summed E-state index contributed by atoms with van der Waals surface area (Å²) in [6.45, 7) is 1.06. The van der Waals surface area contributed by atoms with Gasteiger partial charge in [-0.2, -0.15) is 0 Å². The van der Waals surface area contributed by atoms with Crippen molar-refractivity contribution < 1.29 is 27.3 Å². The molecule has 0 spiro atoms. The fourth-order valence-corrected chi connectivity index (χ4v) is 2.18. The van der Waals surface area contributed by atoms with Crippen molar-refractivity contribution in [2.45, 2.75) is 6.42 Å². The van der Waals surface area contributed by atoms with Crippen LogP contribution in [0, 0.1) is 0 Å². The summed E-state index contributed by atoms with van der Waals surface area (Å²) in [6, 6.07) is 9.10. The molecule has 0 N–H and O–H groups in total. The molecule has 0 radical (unpaired) electrons. The van der Waals surface area contributed by atoms with Gasteiger partial charge in [0.05, 0.1) is 0 Å².